The molecule has 168 valence electrons. The lowest BCUT2D eigenvalue weighted by Gasteiger charge is -2.52. The summed E-state index contributed by atoms with van der Waals surface area (Å²) in [6.07, 6.45) is 0. The maximum atomic E-state index is 14.0. The summed E-state index contributed by atoms with van der Waals surface area (Å²) in [5.41, 5.74) is 2.14. The molecule has 0 aromatic heterocycles. The highest BCUT2D eigenvalue weighted by atomic mass is 79.9. The van der Waals surface area contributed by atoms with Crippen LogP contribution in [0, 0.1) is 22.0 Å². The minimum atomic E-state index is -1.28. The zero-order valence-electron chi connectivity index (χ0n) is 17.9. The van der Waals surface area contributed by atoms with Crippen molar-refractivity contribution in [2.24, 2.45) is 11.8 Å². The van der Waals surface area contributed by atoms with Crippen LogP contribution in [0.5, 0.6) is 0 Å². The second kappa shape index (κ2) is 6.93. The predicted molar refractivity (Wildman–Crippen MR) is 126 cm³/mol. The first-order valence-electron chi connectivity index (χ1n) is 10.8. The van der Waals surface area contributed by atoms with E-state index in [1.165, 1.54) is 25.1 Å². The topological polar surface area (TPSA) is 97.6 Å². The normalized spacial score (nSPS) is 26.2. The second-order valence-electron chi connectivity index (χ2n) is 8.92. The molecule has 2 amide bonds. The fourth-order valence-electron chi connectivity index (χ4n) is 6.40. The molecule has 3 aromatic carbocycles. The molecule has 0 unspecified atom stereocenters. The first-order chi connectivity index (χ1) is 16.3. The van der Waals surface area contributed by atoms with E-state index in [0.29, 0.717) is 0 Å². The van der Waals surface area contributed by atoms with Gasteiger partial charge in [0, 0.05) is 22.5 Å². The molecule has 4 aliphatic rings. The lowest BCUT2D eigenvalue weighted by molar-refractivity contribution is -0.384. The summed E-state index contributed by atoms with van der Waals surface area (Å²) in [6.45, 7) is 1.48. The number of halogens is 1. The largest absolute Gasteiger partial charge is 0.299 e. The van der Waals surface area contributed by atoms with Crippen molar-refractivity contribution in [3.05, 3.63) is 104 Å². The highest BCUT2D eigenvalue weighted by molar-refractivity contribution is 9.10. The van der Waals surface area contributed by atoms with Crippen LogP contribution in [0.4, 0.5) is 11.4 Å². The van der Waals surface area contributed by atoms with Crippen LogP contribution in [-0.2, 0) is 19.8 Å². The van der Waals surface area contributed by atoms with Gasteiger partial charge in [0.15, 0.2) is 0 Å². The third-order valence-electron chi connectivity index (χ3n) is 7.56. The Kier molecular flexibility index (Phi) is 4.26. The van der Waals surface area contributed by atoms with Crippen LogP contribution in [0.15, 0.2) is 71.2 Å². The van der Waals surface area contributed by atoms with Crippen molar-refractivity contribution < 1.29 is 19.3 Å². The second-order valence-corrected chi connectivity index (χ2v) is 9.78. The minimum Gasteiger partial charge on any atom is -0.299 e. The summed E-state index contributed by atoms with van der Waals surface area (Å²) in [4.78, 5) is 53.3. The van der Waals surface area contributed by atoms with Gasteiger partial charge in [-0.15, -0.1) is 0 Å². The van der Waals surface area contributed by atoms with Crippen LogP contribution in [0.25, 0.3) is 0 Å². The number of hydrogen-bond donors (Lipinski definition) is 0. The number of imide groups is 1. The number of non-ortho nitro benzene ring substituents is 1. The van der Waals surface area contributed by atoms with Gasteiger partial charge in [-0.25, -0.2) is 4.90 Å². The summed E-state index contributed by atoms with van der Waals surface area (Å²) < 4.78 is 0.265. The fraction of sp³-hybridized carbons (Fsp3) is 0.192. The number of benzene rings is 3. The third-order valence-corrected chi connectivity index (χ3v) is 8.19. The number of nitrogens with zero attached hydrogens (tertiary/aromatic N) is 2. The van der Waals surface area contributed by atoms with Gasteiger partial charge in [-0.3, -0.25) is 24.5 Å². The molecule has 1 saturated heterocycles. The van der Waals surface area contributed by atoms with Crippen molar-refractivity contribution in [2.45, 2.75) is 18.3 Å². The van der Waals surface area contributed by atoms with Gasteiger partial charge in [-0.2, -0.15) is 0 Å². The molecule has 1 heterocycles. The van der Waals surface area contributed by atoms with E-state index < -0.39 is 34.0 Å². The standard InChI is InChI=1S/C26H17BrN2O5/c1-13(30)26-17-8-4-2-6-15(17)21(16-7-3-5-9-18(16)26)22-23(26)25(32)28(24(22)31)20-11-10-14(29(33)34)12-19(20)27/h2-12,21-23H,1H3/t21?,22-,23-,26?/m0/s1. The Morgan fingerprint density at radius 3 is 2.09 bits per heavy atom. The number of anilines is 1. The maximum Gasteiger partial charge on any atom is 0.270 e. The SMILES string of the molecule is CC(=O)C12c3ccccc3C(c3ccccc31)[C@@H]1C(=O)N(c3ccc([N+](=O)[O-])cc3Br)C(=O)[C@H]12. The maximum absolute atomic E-state index is 14.0. The Hall–Kier alpha value is -3.65. The number of carbonyl (C=O) groups excluding carboxylic acids is 3. The van der Waals surface area contributed by atoms with E-state index in [0.717, 1.165) is 27.2 Å². The lowest BCUT2D eigenvalue weighted by Crippen LogP contribution is -2.57. The molecule has 2 bridgehead atoms. The summed E-state index contributed by atoms with van der Waals surface area (Å²) >= 11 is 3.31. The van der Waals surface area contributed by atoms with Gasteiger partial charge in [0.25, 0.3) is 5.69 Å². The number of amides is 2. The molecule has 0 saturated carbocycles. The zero-order valence-corrected chi connectivity index (χ0v) is 19.5. The summed E-state index contributed by atoms with van der Waals surface area (Å²) in [5.74, 6) is -3.06. The number of Topliss-reactive ketones (excluding diaryl/α,β-unsaturated/α-hetero) is 1. The summed E-state index contributed by atoms with van der Waals surface area (Å²) in [6, 6.07) is 19.1. The molecule has 34 heavy (non-hydrogen) atoms. The molecule has 8 heteroatoms. The van der Waals surface area contributed by atoms with Gasteiger partial charge < -0.3 is 0 Å². The number of nitro groups is 1. The quantitative estimate of drug-likeness (QED) is 0.290. The summed E-state index contributed by atoms with van der Waals surface area (Å²) in [7, 11) is 0. The molecule has 7 nitrogen and oxygen atoms in total. The third kappa shape index (κ3) is 2.33. The highest BCUT2D eigenvalue weighted by Crippen LogP contribution is 2.64. The van der Waals surface area contributed by atoms with Crippen molar-refractivity contribution >= 4 is 44.9 Å². The highest BCUT2D eigenvalue weighted by Gasteiger charge is 2.70. The fourth-order valence-corrected chi connectivity index (χ4v) is 6.94. The molecule has 1 aliphatic heterocycles. The van der Waals surface area contributed by atoms with Crippen LogP contribution < -0.4 is 4.90 Å². The molecule has 0 N–H and O–H groups in total. The Balaban J connectivity index is 1.62. The van der Waals surface area contributed by atoms with E-state index in [2.05, 4.69) is 15.9 Å². The molecule has 3 aromatic rings. The zero-order chi connectivity index (χ0) is 23.9. The van der Waals surface area contributed by atoms with Crippen LogP contribution in [-0.4, -0.2) is 22.5 Å². The number of carbonyl (C=O) groups is 3. The van der Waals surface area contributed by atoms with Crippen molar-refractivity contribution in [3.8, 4) is 0 Å². The minimum absolute atomic E-state index is 0.160. The molecule has 0 spiro atoms. The van der Waals surface area contributed by atoms with E-state index >= 15 is 0 Å². The van der Waals surface area contributed by atoms with Gasteiger partial charge in [0.05, 0.1) is 27.9 Å². The number of ketones is 1. The molecule has 1 fully saturated rings. The van der Waals surface area contributed by atoms with Gasteiger partial charge in [0.1, 0.15) is 5.78 Å². The average molecular weight is 517 g/mol. The molecule has 0 radical (unpaired) electrons. The number of nitro benzene ring substituents is 1. The van der Waals surface area contributed by atoms with E-state index in [4.69, 9.17) is 0 Å². The van der Waals surface area contributed by atoms with Crippen molar-refractivity contribution in [1.82, 2.24) is 0 Å². The van der Waals surface area contributed by atoms with E-state index in [1.807, 2.05) is 48.5 Å². The van der Waals surface area contributed by atoms with Gasteiger partial charge in [-0.1, -0.05) is 48.5 Å². The van der Waals surface area contributed by atoms with E-state index in [9.17, 15) is 24.5 Å². The van der Waals surface area contributed by atoms with Gasteiger partial charge in [-0.05, 0) is 51.2 Å². The van der Waals surface area contributed by atoms with Crippen molar-refractivity contribution in [3.63, 3.8) is 0 Å². The Morgan fingerprint density at radius 1 is 0.971 bits per heavy atom. The first-order valence-corrected chi connectivity index (χ1v) is 11.6. The van der Waals surface area contributed by atoms with Crippen molar-refractivity contribution in [2.75, 3.05) is 4.90 Å². The molecular formula is C26H17BrN2O5. The van der Waals surface area contributed by atoms with Crippen LogP contribution >= 0.6 is 15.9 Å². The van der Waals surface area contributed by atoms with Crippen molar-refractivity contribution in [1.29, 1.82) is 0 Å². The smallest absolute Gasteiger partial charge is 0.270 e. The van der Waals surface area contributed by atoms with Crippen LogP contribution in [0.1, 0.15) is 35.1 Å². The molecular weight excluding hydrogens is 500 g/mol. The Bertz CT molecular complexity index is 1420. The lowest BCUT2D eigenvalue weighted by atomic mass is 9.46. The van der Waals surface area contributed by atoms with Gasteiger partial charge >= 0.3 is 0 Å². The number of hydrogen-bond acceptors (Lipinski definition) is 5. The predicted octanol–water partition coefficient (Wildman–Crippen LogP) is 4.50. The monoisotopic (exact) mass is 516 g/mol. The first kappa shape index (κ1) is 20.9. The van der Waals surface area contributed by atoms with Crippen LogP contribution in [0.3, 0.4) is 0 Å². The Morgan fingerprint density at radius 2 is 1.56 bits per heavy atom. The van der Waals surface area contributed by atoms with Crippen LogP contribution in [0.2, 0.25) is 0 Å². The Labute approximate surface area is 202 Å². The molecule has 7 rings (SSSR count). The molecule has 2 atom stereocenters. The average Bonchev–Trinajstić information content (AvgIpc) is 3.09. The molecule has 3 aliphatic carbocycles. The number of rotatable bonds is 3. The van der Waals surface area contributed by atoms with E-state index in [1.54, 1.807) is 0 Å². The summed E-state index contributed by atoms with van der Waals surface area (Å²) in [5, 5.41) is 11.2. The van der Waals surface area contributed by atoms with E-state index in [-0.39, 0.29) is 27.5 Å². The van der Waals surface area contributed by atoms with Gasteiger partial charge in [0.2, 0.25) is 11.8 Å².